The third-order valence-electron chi connectivity index (χ3n) is 4.13. The van der Waals surface area contributed by atoms with E-state index in [1.165, 1.54) is 23.1 Å². The third kappa shape index (κ3) is 3.86. The summed E-state index contributed by atoms with van der Waals surface area (Å²) in [4.78, 5) is 13.5. The molecule has 26 heavy (non-hydrogen) atoms. The maximum Gasteiger partial charge on any atom is 0.414 e. The Morgan fingerprint density at radius 3 is 2.73 bits per heavy atom. The molecule has 1 aliphatic heterocycles. The van der Waals surface area contributed by atoms with E-state index in [1.807, 2.05) is 13.0 Å². The van der Waals surface area contributed by atoms with E-state index >= 15 is 0 Å². The minimum atomic E-state index is -3.73. The SMILES string of the molecule is Cc1ccc(C)c(S(=O)(=O)NCC2CN(c3cccc(F)c3)C(=O)O2)c1. The van der Waals surface area contributed by atoms with Crippen LogP contribution in [-0.2, 0) is 14.8 Å². The zero-order valence-corrected chi connectivity index (χ0v) is 15.2. The Morgan fingerprint density at radius 2 is 2.00 bits per heavy atom. The molecule has 1 unspecified atom stereocenters. The van der Waals surface area contributed by atoms with Gasteiger partial charge in [-0.1, -0.05) is 18.2 Å². The molecule has 2 aromatic carbocycles. The summed E-state index contributed by atoms with van der Waals surface area (Å²) in [6.45, 7) is 3.61. The van der Waals surface area contributed by atoms with Crippen molar-refractivity contribution in [2.45, 2.75) is 24.8 Å². The van der Waals surface area contributed by atoms with E-state index in [9.17, 15) is 17.6 Å². The Bertz CT molecular complexity index is 946. The van der Waals surface area contributed by atoms with Gasteiger partial charge in [0.05, 0.1) is 17.1 Å². The first-order valence-electron chi connectivity index (χ1n) is 8.07. The van der Waals surface area contributed by atoms with Crippen LogP contribution < -0.4 is 9.62 Å². The summed E-state index contributed by atoms with van der Waals surface area (Å²) in [5.74, 6) is -0.464. The van der Waals surface area contributed by atoms with E-state index < -0.39 is 28.0 Å². The van der Waals surface area contributed by atoms with Crippen LogP contribution in [0, 0.1) is 19.7 Å². The van der Waals surface area contributed by atoms with Gasteiger partial charge in [0.25, 0.3) is 0 Å². The second kappa shape index (κ2) is 7.05. The number of carbonyl (C=O) groups is 1. The topological polar surface area (TPSA) is 75.7 Å². The summed E-state index contributed by atoms with van der Waals surface area (Å²) in [5, 5.41) is 0. The molecule has 1 atom stereocenters. The van der Waals surface area contributed by atoms with Crippen LogP contribution in [0.2, 0.25) is 0 Å². The van der Waals surface area contributed by atoms with Crippen LogP contribution in [0.5, 0.6) is 0 Å². The van der Waals surface area contributed by atoms with Crippen molar-refractivity contribution in [2.75, 3.05) is 18.0 Å². The molecule has 0 aliphatic carbocycles. The normalized spacial score (nSPS) is 17.4. The minimum absolute atomic E-state index is 0.0622. The number of halogens is 1. The second-order valence-electron chi connectivity index (χ2n) is 6.22. The summed E-state index contributed by atoms with van der Waals surface area (Å²) in [7, 11) is -3.73. The van der Waals surface area contributed by atoms with Crippen molar-refractivity contribution in [3.05, 3.63) is 59.4 Å². The molecule has 8 heteroatoms. The molecular weight excluding hydrogens is 359 g/mol. The number of hydrogen-bond acceptors (Lipinski definition) is 4. The highest BCUT2D eigenvalue weighted by Crippen LogP contribution is 2.22. The highest BCUT2D eigenvalue weighted by Gasteiger charge is 2.33. The monoisotopic (exact) mass is 378 g/mol. The molecule has 1 fully saturated rings. The first-order valence-corrected chi connectivity index (χ1v) is 9.55. The smallest absolute Gasteiger partial charge is 0.414 e. The molecule has 1 N–H and O–H groups in total. The van der Waals surface area contributed by atoms with Gasteiger partial charge < -0.3 is 4.74 Å². The molecule has 0 spiro atoms. The average Bonchev–Trinajstić information content (AvgIpc) is 2.96. The Kier molecular flexibility index (Phi) is 4.97. The maximum absolute atomic E-state index is 13.3. The standard InChI is InChI=1S/C18H19FN2O4S/c1-12-6-7-13(2)17(8-12)26(23,24)20-10-16-11-21(18(22)25-16)15-5-3-4-14(19)9-15/h3-9,16,20H,10-11H2,1-2H3. The summed E-state index contributed by atoms with van der Waals surface area (Å²) < 4.78 is 46.1. The molecule has 1 heterocycles. The number of aryl methyl sites for hydroxylation is 2. The van der Waals surface area contributed by atoms with Crippen molar-refractivity contribution in [3.63, 3.8) is 0 Å². The average molecular weight is 378 g/mol. The lowest BCUT2D eigenvalue weighted by Crippen LogP contribution is -2.35. The number of anilines is 1. The van der Waals surface area contributed by atoms with Crippen LogP contribution in [0.1, 0.15) is 11.1 Å². The van der Waals surface area contributed by atoms with Gasteiger partial charge >= 0.3 is 6.09 Å². The van der Waals surface area contributed by atoms with E-state index in [0.717, 1.165) is 5.56 Å². The lowest BCUT2D eigenvalue weighted by atomic mass is 10.2. The number of sulfonamides is 1. The van der Waals surface area contributed by atoms with Gasteiger partial charge in [-0.2, -0.15) is 0 Å². The maximum atomic E-state index is 13.3. The van der Waals surface area contributed by atoms with Gasteiger partial charge in [-0.3, -0.25) is 4.90 Å². The second-order valence-corrected chi connectivity index (χ2v) is 7.95. The fourth-order valence-corrected chi connectivity index (χ4v) is 4.15. The van der Waals surface area contributed by atoms with Crippen molar-refractivity contribution in [2.24, 2.45) is 0 Å². The van der Waals surface area contributed by atoms with Crippen molar-refractivity contribution in [1.82, 2.24) is 4.72 Å². The number of ether oxygens (including phenoxy) is 1. The van der Waals surface area contributed by atoms with Crippen LogP contribution in [0.4, 0.5) is 14.9 Å². The molecule has 0 bridgehead atoms. The highest BCUT2D eigenvalue weighted by atomic mass is 32.2. The van der Waals surface area contributed by atoms with Crippen LogP contribution in [0.25, 0.3) is 0 Å². The van der Waals surface area contributed by atoms with Crippen LogP contribution in [0.15, 0.2) is 47.4 Å². The molecule has 2 aromatic rings. The fraction of sp³-hybridized carbons (Fsp3) is 0.278. The van der Waals surface area contributed by atoms with Crippen LogP contribution in [0.3, 0.4) is 0 Å². The minimum Gasteiger partial charge on any atom is -0.443 e. The molecule has 1 aliphatic rings. The molecular formula is C18H19FN2O4S. The number of nitrogens with one attached hydrogen (secondary N) is 1. The number of benzene rings is 2. The quantitative estimate of drug-likeness (QED) is 0.868. The number of cyclic esters (lactones) is 1. The van der Waals surface area contributed by atoms with E-state index in [1.54, 1.807) is 25.1 Å². The zero-order chi connectivity index (χ0) is 18.9. The molecule has 6 nitrogen and oxygen atoms in total. The van der Waals surface area contributed by atoms with Crippen LogP contribution >= 0.6 is 0 Å². The van der Waals surface area contributed by atoms with E-state index in [4.69, 9.17) is 4.74 Å². The molecule has 1 amide bonds. The molecule has 3 rings (SSSR count). The number of carbonyl (C=O) groups excluding carboxylic acids is 1. The lowest BCUT2D eigenvalue weighted by molar-refractivity contribution is 0.143. The summed E-state index contributed by atoms with van der Waals surface area (Å²) >= 11 is 0. The van der Waals surface area contributed by atoms with Crippen molar-refractivity contribution in [1.29, 1.82) is 0 Å². The Balaban J connectivity index is 1.69. The summed E-state index contributed by atoms with van der Waals surface area (Å²) in [6, 6.07) is 10.8. The molecule has 0 saturated carbocycles. The largest absolute Gasteiger partial charge is 0.443 e. The Hall–Kier alpha value is -2.45. The van der Waals surface area contributed by atoms with Crippen molar-refractivity contribution < 1.29 is 22.3 Å². The van der Waals surface area contributed by atoms with Gasteiger partial charge in [-0.15, -0.1) is 0 Å². The third-order valence-corrected chi connectivity index (χ3v) is 5.69. The van der Waals surface area contributed by atoms with Crippen molar-refractivity contribution >= 4 is 21.8 Å². The molecule has 0 radical (unpaired) electrons. The van der Waals surface area contributed by atoms with Gasteiger partial charge in [-0.05, 0) is 49.2 Å². The Labute approximate surface area is 151 Å². The molecule has 0 aromatic heterocycles. The number of amides is 1. The number of hydrogen-bond donors (Lipinski definition) is 1. The predicted octanol–water partition coefficient (Wildman–Crippen LogP) is 2.75. The zero-order valence-electron chi connectivity index (χ0n) is 14.4. The number of rotatable bonds is 5. The number of nitrogens with zero attached hydrogens (tertiary/aromatic N) is 1. The van der Waals surface area contributed by atoms with Gasteiger partial charge in [0, 0.05) is 6.54 Å². The van der Waals surface area contributed by atoms with E-state index in [2.05, 4.69) is 4.72 Å². The van der Waals surface area contributed by atoms with Gasteiger partial charge in [0.15, 0.2) is 0 Å². The fourth-order valence-electron chi connectivity index (χ4n) is 2.76. The molecule has 1 saturated heterocycles. The van der Waals surface area contributed by atoms with E-state index in [0.29, 0.717) is 11.3 Å². The van der Waals surface area contributed by atoms with Gasteiger partial charge in [-0.25, -0.2) is 22.3 Å². The first-order chi connectivity index (χ1) is 12.3. The lowest BCUT2D eigenvalue weighted by Gasteiger charge is -2.14. The Morgan fingerprint density at radius 1 is 1.23 bits per heavy atom. The van der Waals surface area contributed by atoms with Gasteiger partial charge in [0.1, 0.15) is 11.9 Å². The summed E-state index contributed by atoms with van der Waals surface area (Å²) in [6.07, 6.45) is -1.29. The predicted molar refractivity (Wildman–Crippen MR) is 95.1 cm³/mol. The van der Waals surface area contributed by atoms with Gasteiger partial charge in [0.2, 0.25) is 10.0 Å². The first kappa shape index (κ1) is 18.3. The van der Waals surface area contributed by atoms with E-state index in [-0.39, 0.29) is 18.0 Å². The molecule has 138 valence electrons. The van der Waals surface area contributed by atoms with Crippen LogP contribution in [-0.4, -0.2) is 33.7 Å². The summed E-state index contributed by atoms with van der Waals surface area (Å²) in [5.41, 5.74) is 1.84. The van der Waals surface area contributed by atoms with Crippen molar-refractivity contribution in [3.8, 4) is 0 Å². The highest BCUT2D eigenvalue weighted by molar-refractivity contribution is 7.89.